The number of aromatic nitrogens is 1. The van der Waals surface area contributed by atoms with E-state index >= 15 is 0 Å². The molecule has 214 valence electrons. The summed E-state index contributed by atoms with van der Waals surface area (Å²) < 4.78 is 6.70. The number of nitrogens with one attached hydrogen (secondary N) is 2. The Kier molecular flexibility index (Phi) is 7.16. The molecule has 11 heteroatoms. The number of thioether (sulfide) groups is 1. The van der Waals surface area contributed by atoms with E-state index in [1.54, 1.807) is 42.5 Å². The first-order chi connectivity index (χ1) is 20.9. The molecule has 8 nitrogen and oxygen atoms in total. The van der Waals surface area contributed by atoms with E-state index in [0.29, 0.717) is 27.0 Å². The summed E-state index contributed by atoms with van der Waals surface area (Å²) >= 11 is 5.67. The van der Waals surface area contributed by atoms with Gasteiger partial charge in [0.05, 0.1) is 16.6 Å². The summed E-state index contributed by atoms with van der Waals surface area (Å²) in [5.74, 6) is -1.77. The Labute approximate surface area is 262 Å². The number of carbonyl (C=O) groups excluding carboxylic acids is 3. The van der Waals surface area contributed by atoms with E-state index in [9.17, 15) is 19.2 Å². The second-order valence-corrected chi connectivity index (χ2v) is 13.3. The van der Waals surface area contributed by atoms with E-state index in [1.807, 2.05) is 48.5 Å². The number of hydrogen-bond acceptors (Lipinski definition) is 7. The zero-order chi connectivity index (χ0) is 29.7. The summed E-state index contributed by atoms with van der Waals surface area (Å²) in [6.45, 7) is -0.222. The van der Waals surface area contributed by atoms with Crippen LogP contribution in [0.3, 0.4) is 0 Å². The van der Waals surface area contributed by atoms with E-state index in [-0.39, 0.29) is 29.2 Å². The van der Waals surface area contributed by atoms with Crippen LogP contribution in [0.4, 0.5) is 11.4 Å². The number of imide groups is 1. The number of amides is 3. The number of hydrogen-bond donors (Lipinski definition) is 2. The Morgan fingerprint density at radius 2 is 1.70 bits per heavy atom. The van der Waals surface area contributed by atoms with Crippen LogP contribution in [0.1, 0.15) is 16.4 Å². The fraction of sp³-hybridized carbons (Fsp3) is 0.125. The Hall–Kier alpha value is -4.19. The molecule has 1 aromatic heterocycles. The standard InChI is InChI=1S/C32H22BrN3O5S2/c33-20-9-12-22(13-10-20)36-30(38)26-25(27-29(35-32(40)43-27)42-28(26)31(36)39)19-6-3-7-23(15-19)41-16-24(37)34-21-11-8-17-4-1-2-5-18(17)14-21/h1-15,25-26,28H,16H2,(H,34,37)(H,35,40)/t25-,26-,28+/m0/s1. The van der Waals surface area contributed by atoms with Crippen LogP contribution in [-0.4, -0.2) is 34.6 Å². The van der Waals surface area contributed by atoms with Crippen LogP contribution < -0.4 is 19.8 Å². The van der Waals surface area contributed by atoms with Crippen LogP contribution in [0.2, 0.25) is 0 Å². The van der Waals surface area contributed by atoms with Gasteiger partial charge in [0.25, 0.3) is 5.91 Å². The molecule has 7 rings (SSSR count). The molecule has 5 aromatic rings. The number of rotatable bonds is 6. The maximum absolute atomic E-state index is 13.9. The fourth-order valence-corrected chi connectivity index (χ4v) is 8.41. The molecule has 0 radical (unpaired) electrons. The molecule has 1 saturated heterocycles. The molecular weight excluding hydrogens is 650 g/mol. The third kappa shape index (κ3) is 5.17. The van der Waals surface area contributed by atoms with Crippen molar-refractivity contribution < 1.29 is 19.1 Å². The maximum atomic E-state index is 13.9. The van der Waals surface area contributed by atoms with Crippen LogP contribution >= 0.6 is 39.0 Å². The maximum Gasteiger partial charge on any atom is 0.305 e. The Morgan fingerprint density at radius 1 is 0.907 bits per heavy atom. The number of benzene rings is 4. The highest BCUT2D eigenvalue weighted by atomic mass is 79.9. The third-order valence-electron chi connectivity index (χ3n) is 7.53. The largest absolute Gasteiger partial charge is 0.484 e. The monoisotopic (exact) mass is 671 g/mol. The van der Waals surface area contributed by atoms with Gasteiger partial charge in [0.15, 0.2) is 6.61 Å². The minimum absolute atomic E-state index is 0.222. The summed E-state index contributed by atoms with van der Waals surface area (Å²) in [6.07, 6.45) is 0. The van der Waals surface area contributed by atoms with Gasteiger partial charge in [0, 0.05) is 21.0 Å². The molecule has 0 unspecified atom stereocenters. The quantitative estimate of drug-likeness (QED) is 0.209. The number of thiazole rings is 1. The van der Waals surface area contributed by atoms with Gasteiger partial charge in [-0.25, -0.2) is 4.90 Å². The molecule has 2 aliphatic heterocycles. The number of anilines is 2. The van der Waals surface area contributed by atoms with E-state index in [2.05, 4.69) is 26.2 Å². The lowest BCUT2D eigenvalue weighted by molar-refractivity contribution is -0.122. The molecule has 43 heavy (non-hydrogen) atoms. The highest BCUT2D eigenvalue weighted by Crippen LogP contribution is 2.53. The van der Waals surface area contributed by atoms with Gasteiger partial charge in [-0.05, 0) is 64.9 Å². The molecule has 2 N–H and O–H groups in total. The normalized spacial score (nSPS) is 19.3. The van der Waals surface area contributed by atoms with Crippen LogP contribution in [0.25, 0.3) is 10.8 Å². The summed E-state index contributed by atoms with van der Waals surface area (Å²) in [4.78, 5) is 57.2. The number of nitrogens with zero attached hydrogens (tertiary/aromatic N) is 1. The van der Waals surface area contributed by atoms with Gasteiger partial charge in [-0.15, -0.1) is 0 Å². The highest BCUT2D eigenvalue weighted by Gasteiger charge is 2.56. The Balaban J connectivity index is 1.14. The van der Waals surface area contributed by atoms with Crippen molar-refractivity contribution >= 4 is 78.9 Å². The van der Waals surface area contributed by atoms with Crippen molar-refractivity contribution in [1.82, 2.24) is 4.98 Å². The third-order valence-corrected chi connectivity index (χ3v) is 10.5. The van der Waals surface area contributed by atoms with E-state index in [1.165, 1.54) is 16.7 Å². The summed E-state index contributed by atoms with van der Waals surface area (Å²) in [6, 6.07) is 27.8. The first-order valence-electron chi connectivity index (χ1n) is 13.4. The average Bonchev–Trinajstić information content (AvgIpc) is 3.50. The summed E-state index contributed by atoms with van der Waals surface area (Å²) in [5, 5.41) is 4.86. The number of carbonyl (C=O) groups is 3. The fourth-order valence-electron chi connectivity index (χ4n) is 5.63. The predicted molar refractivity (Wildman–Crippen MR) is 171 cm³/mol. The second-order valence-electron chi connectivity index (χ2n) is 10.2. The number of halogens is 1. The second kappa shape index (κ2) is 11.1. The molecule has 3 amide bonds. The Bertz CT molecular complexity index is 1970. The topological polar surface area (TPSA) is 109 Å². The zero-order valence-electron chi connectivity index (χ0n) is 22.3. The smallest absolute Gasteiger partial charge is 0.305 e. The minimum atomic E-state index is -0.716. The molecule has 1 fully saturated rings. The molecule has 4 aromatic carbocycles. The number of ether oxygens (including phenoxy) is 1. The predicted octanol–water partition coefficient (Wildman–Crippen LogP) is 6.17. The SMILES string of the molecule is O=C(COc1cccc([C@@H]2c3sc(=O)[nH]c3S[C@H]3C(=O)N(c4ccc(Br)cc4)C(=O)[C@@H]23)c1)Nc1ccc2ccccc2c1. The van der Waals surface area contributed by atoms with Crippen LogP contribution in [0, 0.1) is 5.92 Å². The molecule has 0 bridgehead atoms. The van der Waals surface area contributed by atoms with Crippen LogP contribution in [-0.2, 0) is 14.4 Å². The first kappa shape index (κ1) is 27.6. The van der Waals surface area contributed by atoms with Crippen LogP contribution in [0.15, 0.2) is 105 Å². The minimum Gasteiger partial charge on any atom is -0.484 e. The molecule has 2 aliphatic rings. The van der Waals surface area contributed by atoms with E-state index in [0.717, 1.165) is 32.1 Å². The van der Waals surface area contributed by atoms with Gasteiger partial charge in [-0.3, -0.25) is 19.2 Å². The van der Waals surface area contributed by atoms with Crippen LogP contribution in [0.5, 0.6) is 5.75 Å². The molecule has 3 heterocycles. The van der Waals surface area contributed by atoms with Crippen molar-refractivity contribution in [1.29, 1.82) is 0 Å². The number of aromatic amines is 1. The molecular formula is C32H22BrN3O5S2. The van der Waals surface area contributed by atoms with Gasteiger partial charge < -0.3 is 15.0 Å². The van der Waals surface area contributed by atoms with Crippen molar-refractivity contribution in [2.24, 2.45) is 5.92 Å². The molecule has 0 saturated carbocycles. The van der Waals surface area contributed by atoms with E-state index < -0.39 is 17.1 Å². The molecule has 0 aliphatic carbocycles. The average molecular weight is 673 g/mol. The zero-order valence-corrected chi connectivity index (χ0v) is 25.5. The van der Waals surface area contributed by atoms with Gasteiger partial charge in [0.1, 0.15) is 11.0 Å². The summed E-state index contributed by atoms with van der Waals surface area (Å²) in [7, 11) is 0. The lowest BCUT2D eigenvalue weighted by Crippen LogP contribution is -2.32. The van der Waals surface area contributed by atoms with Crippen molar-refractivity contribution in [3.63, 3.8) is 0 Å². The summed E-state index contributed by atoms with van der Waals surface area (Å²) in [5.41, 5.74) is 1.89. The molecule has 0 spiro atoms. The lowest BCUT2D eigenvalue weighted by atomic mass is 9.83. The van der Waals surface area contributed by atoms with Gasteiger partial charge >= 0.3 is 4.87 Å². The number of H-pyrrole nitrogens is 1. The van der Waals surface area contributed by atoms with Gasteiger partial charge in [0.2, 0.25) is 11.8 Å². The van der Waals surface area contributed by atoms with Gasteiger partial charge in [-0.2, -0.15) is 0 Å². The van der Waals surface area contributed by atoms with Crippen molar-refractivity contribution in [2.75, 3.05) is 16.8 Å². The van der Waals surface area contributed by atoms with E-state index in [4.69, 9.17) is 4.74 Å². The highest BCUT2D eigenvalue weighted by molar-refractivity contribution is 9.10. The Morgan fingerprint density at radius 3 is 2.51 bits per heavy atom. The number of fused-ring (bicyclic) bond motifs is 3. The van der Waals surface area contributed by atoms with Crippen molar-refractivity contribution in [2.45, 2.75) is 16.2 Å². The first-order valence-corrected chi connectivity index (χ1v) is 15.9. The van der Waals surface area contributed by atoms with Crippen molar-refractivity contribution in [3.05, 3.63) is 116 Å². The van der Waals surface area contributed by atoms with Gasteiger partial charge in [-0.1, -0.05) is 81.5 Å². The lowest BCUT2D eigenvalue weighted by Gasteiger charge is -2.30. The van der Waals surface area contributed by atoms with Crippen molar-refractivity contribution in [3.8, 4) is 5.75 Å². The molecule has 3 atom stereocenters.